The third-order valence-electron chi connectivity index (χ3n) is 5.36. The maximum atomic E-state index is 12.8. The quantitative estimate of drug-likeness (QED) is 0.810. The second-order valence-corrected chi connectivity index (χ2v) is 7.53. The number of aryl methyl sites for hydroxylation is 1. The number of benzene rings is 1. The number of nitrogens with one attached hydrogen (secondary N) is 1. The van der Waals surface area contributed by atoms with Gasteiger partial charge < -0.3 is 15.1 Å². The van der Waals surface area contributed by atoms with Gasteiger partial charge in [-0.3, -0.25) is 0 Å². The molecule has 1 aromatic rings. The first-order valence-corrected chi connectivity index (χ1v) is 8.97. The molecule has 1 N–H and O–H groups in total. The van der Waals surface area contributed by atoms with Crippen LogP contribution in [0, 0.1) is 24.7 Å². The molecule has 0 saturated heterocycles. The average Bonchev–Trinajstić information content (AvgIpc) is 3.16. The van der Waals surface area contributed by atoms with E-state index >= 15 is 0 Å². The molecule has 24 heavy (non-hydrogen) atoms. The Kier molecular flexibility index (Phi) is 5.24. The van der Waals surface area contributed by atoms with Gasteiger partial charge in [-0.05, 0) is 63.2 Å². The van der Waals surface area contributed by atoms with E-state index in [2.05, 4.69) is 36.5 Å². The molecule has 2 aliphatic rings. The number of fused-ring (bicyclic) bond motifs is 2. The number of rotatable bonds is 6. The van der Waals surface area contributed by atoms with E-state index in [1.807, 2.05) is 36.1 Å². The van der Waals surface area contributed by atoms with Crippen molar-refractivity contribution in [2.24, 2.45) is 17.8 Å². The minimum atomic E-state index is 0.0258. The van der Waals surface area contributed by atoms with E-state index in [9.17, 15) is 4.79 Å². The number of allylic oxidation sites excluding steroid dienone is 2. The smallest absolute Gasteiger partial charge is 0.321 e. The van der Waals surface area contributed by atoms with E-state index in [0.29, 0.717) is 11.8 Å². The van der Waals surface area contributed by atoms with E-state index in [4.69, 9.17) is 0 Å². The van der Waals surface area contributed by atoms with Crippen LogP contribution in [-0.4, -0.2) is 49.6 Å². The lowest BCUT2D eigenvalue weighted by Crippen LogP contribution is -2.42. The number of likely N-dealkylation sites (N-methyl/N-ethyl adjacent to an activating group) is 1. The Morgan fingerprint density at radius 2 is 1.96 bits per heavy atom. The molecule has 0 heterocycles. The highest BCUT2D eigenvalue weighted by Crippen LogP contribution is 2.43. The highest BCUT2D eigenvalue weighted by Gasteiger charge is 2.37. The lowest BCUT2D eigenvalue weighted by Gasteiger charge is -2.30. The Morgan fingerprint density at radius 3 is 2.58 bits per heavy atom. The summed E-state index contributed by atoms with van der Waals surface area (Å²) in [6.45, 7) is 4.54. The van der Waals surface area contributed by atoms with E-state index in [0.717, 1.165) is 36.8 Å². The molecule has 4 heteroatoms. The fourth-order valence-corrected chi connectivity index (χ4v) is 3.89. The summed E-state index contributed by atoms with van der Waals surface area (Å²) in [7, 11) is 4.11. The first kappa shape index (κ1) is 17.0. The van der Waals surface area contributed by atoms with Crippen LogP contribution >= 0.6 is 0 Å². The van der Waals surface area contributed by atoms with Gasteiger partial charge in [-0.1, -0.05) is 30.4 Å². The molecule has 1 fully saturated rings. The lowest BCUT2D eigenvalue weighted by molar-refractivity contribution is 0.188. The van der Waals surface area contributed by atoms with Crippen LogP contribution in [0.1, 0.15) is 18.4 Å². The molecule has 1 saturated carbocycles. The van der Waals surface area contributed by atoms with Crippen molar-refractivity contribution in [3.05, 3.63) is 42.0 Å². The van der Waals surface area contributed by atoms with Crippen molar-refractivity contribution in [3.8, 4) is 0 Å². The van der Waals surface area contributed by atoms with E-state index in [-0.39, 0.29) is 6.03 Å². The van der Waals surface area contributed by atoms with Crippen LogP contribution < -0.4 is 5.32 Å². The molecule has 4 nitrogen and oxygen atoms in total. The maximum Gasteiger partial charge on any atom is 0.321 e. The van der Waals surface area contributed by atoms with Gasteiger partial charge in [0.15, 0.2) is 0 Å². The van der Waals surface area contributed by atoms with Crippen molar-refractivity contribution in [1.29, 1.82) is 0 Å². The molecule has 0 aromatic heterocycles. The van der Waals surface area contributed by atoms with Crippen LogP contribution in [0.25, 0.3) is 0 Å². The molecule has 1 aromatic carbocycles. The summed E-state index contributed by atoms with van der Waals surface area (Å²) in [6, 6.07) is 7.99. The summed E-state index contributed by atoms with van der Waals surface area (Å²) < 4.78 is 0. The lowest BCUT2D eigenvalue weighted by atomic mass is 9.93. The van der Waals surface area contributed by atoms with E-state index in [1.54, 1.807) is 0 Å². The third-order valence-corrected chi connectivity index (χ3v) is 5.36. The Morgan fingerprint density at radius 1 is 1.17 bits per heavy atom. The largest absolute Gasteiger partial charge is 0.323 e. The molecule has 0 aliphatic heterocycles. The van der Waals surface area contributed by atoms with Crippen molar-refractivity contribution in [3.63, 3.8) is 0 Å². The molecule has 2 aliphatic carbocycles. The van der Waals surface area contributed by atoms with Crippen LogP contribution in [-0.2, 0) is 0 Å². The monoisotopic (exact) mass is 327 g/mol. The van der Waals surface area contributed by atoms with Crippen LogP contribution in [0.3, 0.4) is 0 Å². The zero-order valence-electron chi connectivity index (χ0n) is 15.0. The summed E-state index contributed by atoms with van der Waals surface area (Å²) in [5.41, 5.74) is 2.01. The van der Waals surface area contributed by atoms with Crippen LogP contribution in [0.2, 0.25) is 0 Å². The zero-order chi connectivity index (χ0) is 17.1. The Hall–Kier alpha value is -1.81. The Bertz CT molecular complexity index is 611. The molecule has 0 spiro atoms. The first-order chi connectivity index (χ1) is 11.5. The highest BCUT2D eigenvalue weighted by molar-refractivity contribution is 5.90. The normalized spacial score (nSPS) is 24.6. The number of amides is 2. The maximum absolute atomic E-state index is 12.8. The fourth-order valence-electron chi connectivity index (χ4n) is 3.89. The molecular formula is C20H29N3O. The number of anilines is 1. The molecule has 2 amide bonds. The molecular weight excluding hydrogens is 298 g/mol. The summed E-state index contributed by atoms with van der Waals surface area (Å²) in [4.78, 5) is 17.0. The number of nitrogens with zero attached hydrogens (tertiary/aromatic N) is 2. The average molecular weight is 327 g/mol. The predicted molar refractivity (Wildman–Crippen MR) is 99.2 cm³/mol. The molecule has 3 unspecified atom stereocenters. The van der Waals surface area contributed by atoms with Gasteiger partial charge >= 0.3 is 6.03 Å². The SMILES string of the molecule is Cc1ccccc1NC(=O)N(CCN(C)C)CC1CC2C=CC1C2. The number of hydrogen-bond acceptors (Lipinski definition) is 2. The Labute approximate surface area is 145 Å². The summed E-state index contributed by atoms with van der Waals surface area (Å²) >= 11 is 0. The van der Waals surface area contributed by atoms with E-state index < -0.39 is 0 Å². The number of urea groups is 1. The van der Waals surface area contributed by atoms with Crippen molar-refractivity contribution in [1.82, 2.24) is 9.80 Å². The van der Waals surface area contributed by atoms with Crippen LogP contribution in [0.15, 0.2) is 36.4 Å². The first-order valence-electron chi connectivity index (χ1n) is 8.97. The molecule has 130 valence electrons. The minimum Gasteiger partial charge on any atom is -0.323 e. The van der Waals surface area contributed by atoms with Gasteiger partial charge in [0.2, 0.25) is 0 Å². The van der Waals surface area contributed by atoms with E-state index in [1.165, 1.54) is 12.8 Å². The van der Waals surface area contributed by atoms with Crippen molar-refractivity contribution in [2.45, 2.75) is 19.8 Å². The number of carbonyl (C=O) groups excluding carboxylic acids is 1. The van der Waals surface area contributed by atoms with Gasteiger partial charge in [-0.25, -0.2) is 4.79 Å². The number of para-hydroxylation sites is 1. The van der Waals surface area contributed by atoms with Crippen molar-refractivity contribution >= 4 is 11.7 Å². The second-order valence-electron chi connectivity index (χ2n) is 7.53. The Balaban J connectivity index is 1.65. The molecule has 3 rings (SSSR count). The van der Waals surface area contributed by atoms with Crippen molar-refractivity contribution < 1.29 is 4.79 Å². The molecule has 0 radical (unpaired) electrons. The predicted octanol–water partition coefficient (Wildman–Crippen LogP) is 3.60. The van der Waals surface area contributed by atoms with Gasteiger partial charge in [0.1, 0.15) is 0 Å². The summed E-state index contributed by atoms with van der Waals surface area (Å²) in [6.07, 6.45) is 7.24. The zero-order valence-corrected chi connectivity index (χ0v) is 15.0. The molecule has 2 bridgehead atoms. The fraction of sp³-hybridized carbons (Fsp3) is 0.550. The molecule has 3 atom stereocenters. The van der Waals surface area contributed by atoms with Gasteiger partial charge in [0.25, 0.3) is 0 Å². The highest BCUT2D eigenvalue weighted by atomic mass is 16.2. The van der Waals surface area contributed by atoms with Gasteiger partial charge in [-0.2, -0.15) is 0 Å². The van der Waals surface area contributed by atoms with Crippen molar-refractivity contribution in [2.75, 3.05) is 39.0 Å². The van der Waals surface area contributed by atoms with Crippen LogP contribution in [0.4, 0.5) is 10.5 Å². The summed E-state index contributed by atoms with van der Waals surface area (Å²) in [5, 5.41) is 3.10. The van der Waals surface area contributed by atoms with Gasteiger partial charge in [-0.15, -0.1) is 0 Å². The topological polar surface area (TPSA) is 35.6 Å². The van der Waals surface area contributed by atoms with Gasteiger partial charge in [0.05, 0.1) is 0 Å². The van der Waals surface area contributed by atoms with Crippen LogP contribution in [0.5, 0.6) is 0 Å². The standard InChI is InChI=1S/C20H29N3O/c1-15-6-4-5-7-19(15)21-20(24)23(11-10-22(2)3)14-18-13-16-8-9-17(18)12-16/h4-9,16-18H,10-14H2,1-3H3,(H,21,24). The third kappa shape index (κ3) is 3.99. The summed E-state index contributed by atoms with van der Waals surface area (Å²) in [5.74, 6) is 2.03. The van der Waals surface area contributed by atoms with Gasteiger partial charge in [0, 0.05) is 25.3 Å². The second kappa shape index (κ2) is 7.39. The minimum absolute atomic E-state index is 0.0258. The number of carbonyl (C=O) groups is 1. The number of hydrogen-bond donors (Lipinski definition) is 1.